The molecular formula is C26H22N4O2. The predicted octanol–water partition coefficient (Wildman–Crippen LogP) is 4.73. The molecule has 1 aliphatic carbocycles. The van der Waals surface area contributed by atoms with E-state index in [1.165, 1.54) is 0 Å². The van der Waals surface area contributed by atoms with Crippen LogP contribution in [0.3, 0.4) is 0 Å². The van der Waals surface area contributed by atoms with Gasteiger partial charge in [-0.05, 0) is 54.7 Å². The zero-order chi connectivity index (χ0) is 22.2. The second-order valence-corrected chi connectivity index (χ2v) is 8.22. The monoisotopic (exact) mass is 422 g/mol. The molecule has 6 heteroatoms. The standard InChI is InChI=1S/C26H22N4O2/c1-29-22-13-10-19(15-27)28-26(22)23(14-25(29)32)30(16-17-6-7-17)20-11-8-18(9-12-20)21-4-2-3-5-24(21)31/h2-5,8-14,17,31H,6-7,16H2,1H3. The fraction of sp³-hybridized carbons (Fsp3) is 0.192. The molecule has 2 aromatic carbocycles. The lowest BCUT2D eigenvalue weighted by atomic mass is 10.0. The van der Waals surface area contributed by atoms with Gasteiger partial charge < -0.3 is 14.6 Å². The highest BCUT2D eigenvalue weighted by molar-refractivity contribution is 5.91. The fourth-order valence-corrected chi connectivity index (χ4v) is 4.02. The molecule has 2 heterocycles. The average molecular weight is 422 g/mol. The highest BCUT2D eigenvalue weighted by atomic mass is 16.3. The lowest BCUT2D eigenvalue weighted by molar-refractivity contribution is 0.477. The van der Waals surface area contributed by atoms with Crippen molar-refractivity contribution in [1.82, 2.24) is 9.55 Å². The second-order valence-electron chi connectivity index (χ2n) is 8.22. The molecule has 0 atom stereocenters. The van der Waals surface area contributed by atoms with E-state index in [0.29, 0.717) is 28.3 Å². The van der Waals surface area contributed by atoms with Crippen molar-refractivity contribution >= 4 is 22.4 Å². The van der Waals surface area contributed by atoms with Gasteiger partial charge in [-0.2, -0.15) is 5.26 Å². The minimum atomic E-state index is -0.120. The van der Waals surface area contributed by atoms with Gasteiger partial charge in [0.2, 0.25) is 0 Å². The minimum absolute atomic E-state index is 0.120. The third-order valence-electron chi connectivity index (χ3n) is 6.01. The number of hydrogen-bond acceptors (Lipinski definition) is 5. The zero-order valence-corrected chi connectivity index (χ0v) is 17.7. The number of phenolic OH excluding ortho intramolecular Hbond substituents is 1. The molecule has 5 rings (SSSR count). The van der Waals surface area contributed by atoms with Gasteiger partial charge in [0.25, 0.3) is 5.56 Å². The lowest BCUT2D eigenvalue weighted by Crippen LogP contribution is -2.25. The number of aryl methyl sites for hydroxylation is 1. The van der Waals surface area contributed by atoms with Gasteiger partial charge in [-0.1, -0.05) is 30.3 Å². The van der Waals surface area contributed by atoms with Gasteiger partial charge in [0.15, 0.2) is 0 Å². The van der Waals surface area contributed by atoms with E-state index in [2.05, 4.69) is 16.0 Å². The molecule has 0 radical (unpaired) electrons. The first-order chi connectivity index (χ1) is 15.5. The molecular weight excluding hydrogens is 400 g/mol. The molecule has 32 heavy (non-hydrogen) atoms. The molecule has 6 nitrogen and oxygen atoms in total. The van der Waals surface area contributed by atoms with Gasteiger partial charge in [0.05, 0.1) is 11.2 Å². The molecule has 0 saturated heterocycles. The van der Waals surface area contributed by atoms with E-state index < -0.39 is 0 Å². The van der Waals surface area contributed by atoms with Crippen LogP contribution in [0.4, 0.5) is 11.4 Å². The Morgan fingerprint density at radius 1 is 1.12 bits per heavy atom. The summed E-state index contributed by atoms with van der Waals surface area (Å²) in [6.45, 7) is 0.774. The molecule has 1 saturated carbocycles. The van der Waals surface area contributed by atoms with Crippen molar-refractivity contribution in [2.75, 3.05) is 11.4 Å². The van der Waals surface area contributed by atoms with Crippen molar-refractivity contribution in [1.29, 1.82) is 5.26 Å². The normalized spacial score (nSPS) is 13.1. The van der Waals surface area contributed by atoms with Crippen LogP contribution in [-0.4, -0.2) is 21.2 Å². The largest absolute Gasteiger partial charge is 0.507 e. The fourth-order valence-electron chi connectivity index (χ4n) is 4.02. The number of anilines is 2. The van der Waals surface area contributed by atoms with Crippen molar-refractivity contribution in [3.05, 3.63) is 82.8 Å². The van der Waals surface area contributed by atoms with Crippen molar-refractivity contribution in [3.8, 4) is 22.9 Å². The SMILES string of the molecule is Cn1c(=O)cc(N(CC2CC2)c2ccc(-c3ccccc3O)cc2)c2nc(C#N)ccc21. The number of benzene rings is 2. The Morgan fingerprint density at radius 2 is 1.88 bits per heavy atom. The number of para-hydroxylation sites is 1. The Bertz CT molecular complexity index is 1410. The number of aromatic hydroxyl groups is 1. The highest BCUT2D eigenvalue weighted by Gasteiger charge is 2.27. The van der Waals surface area contributed by atoms with E-state index in [9.17, 15) is 15.2 Å². The van der Waals surface area contributed by atoms with Gasteiger partial charge in [-0.3, -0.25) is 4.79 Å². The molecule has 1 aliphatic rings. The number of fused-ring (bicyclic) bond motifs is 1. The first kappa shape index (κ1) is 19.8. The summed E-state index contributed by atoms with van der Waals surface area (Å²) in [6, 6.07) is 22.3. The molecule has 0 aliphatic heterocycles. The van der Waals surface area contributed by atoms with Crippen LogP contribution in [0.1, 0.15) is 18.5 Å². The molecule has 158 valence electrons. The summed E-state index contributed by atoms with van der Waals surface area (Å²) in [5.41, 5.74) is 4.86. The van der Waals surface area contributed by atoms with Crippen LogP contribution in [0.15, 0.2) is 71.5 Å². The Balaban J connectivity index is 1.64. The van der Waals surface area contributed by atoms with Gasteiger partial charge in [0, 0.05) is 30.9 Å². The quantitative estimate of drug-likeness (QED) is 0.503. The van der Waals surface area contributed by atoms with E-state index in [1.54, 1.807) is 41.9 Å². The van der Waals surface area contributed by atoms with Crippen molar-refractivity contribution in [2.45, 2.75) is 12.8 Å². The molecule has 0 amide bonds. The van der Waals surface area contributed by atoms with Crippen LogP contribution in [0, 0.1) is 17.2 Å². The van der Waals surface area contributed by atoms with E-state index in [0.717, 1.165) is 36.2 Å². The van der Waals surface area contributed by atoms with E-state index in [4.69, 9.17) is 0 Å². The second kappa shape index (κ2) is 7.86. The smallest absolute Gasteiger partial charge is 0.252 e. The number of aromatic nitrogens is 2. The van der Waals surface area contributed by atoms with Crippen LogP contribution in [0.25, 0.3) is 22.2 Å². The summed E-state index contributed by atoms with van der Waals surface area (Å²) in [5, 5.41) is 19.6. The third-order valence-corrected chi connectivity index (χ3v) is 6.01. The van der Waals surface area contributed by atoms with Gasteiger partial charge in [0.1, 0.15) is 23.0 Å². The molecule has 1 N–H and O–H groups in total. The first-order valence-electron chi connectivity index (χ1n) is 10.6. The van der Waals surface area contributed by atoms with Crippen molar-refractivity contribution in [2.24, 2.45) is 13.0 Å². The Morgan fingerprint density at radius 3 is 2.56 bits per heavy atom. The van der Waals surface area contributed by atoms with Gasteiger partial charge in [-0.15, -0.1) is 0 Å². The maximum atomic E-state index is 12.7. The van der Waals surface area contributed by atoms with E-state index in [1.807, 2.05) is 36.4 Å². The third kappa shape index (κ3) is 3.58. The first-order valence-corrected chi connectivity index (χ1v) is 10.6. The Hall–Kier alpha value is -4.11. The molecule has 0 unspecified atom stereocenters. The van der Waals surface area contributed by atoms with Crippen LogP contribution in [0.5, 0.6) is 5.75 Å². The van der Waals surface area contributed by atoms with E-state index >= 15 is 0 Å². The summed E-state index contributed by atoms with van der Waals surface area (Å²) in [4.78, 5) is 19.4. The minimum Gasteiger partial charge on any atom is -0.507 e. The number of nitrogens with zero attached hydrogens (tertiary/aromatic N) is 4. The summed E-state index contributed by atoms with van der Waals surface area (Å²) in [6.07, 6.45) is 2.32. The summed E-state index contributed by atoms with van der Waals surface area (Å²) in [5.74, 6) is 0.798. The van der Waals surface area contributed by atoms with Crippen molar-refractivity contribution in [3.63, 3.8) is 0 Å². The molecule has 2 aromatic heterocycles. The van der Waals surface area contributed by atoms with Crippen LogP contribution in [0.2, 0.25) is 0 Å². The summed E-state index contributed by atoms with van der Waals surface area (Å²) >= 11 is 0. The lowest BCUT2D eigenvalue weighted by Gasteiger charge is -2.26. The maximum absolute atomic E-state index is 12.7. The van der Waals surface area contributed by atoms with Crippen molar-refractivity contribution < 1.29 is 5.11 Å². The molecule has 1 fully saturated rings. The highest BCUT2D eigenvalue weighted by Crippen LogP contribution is 2.38. The van der Waals surface area contributed by atoms with Crippen LogP contribution >= 0.6 is 0 Å². The zero-order valence-electron chi connectivity index (χ0n) is 17.7. The van der Waals surface area contributed by atoms with E-state index in [-0.39, 0.29) is 11.3 Å². The topological polar surface area (TPSA) is 82.2 Å². The predicted molar refractivity (Wildman–Crippen MR) is 125 cm³/mol. The van der Waals surface area contributed by atoms with Crippen LogP contribution in [-0.2, 0) is 7.05 Å². The maximum Gasteiger partial charge on any atom is 0.252 e. The molecule has 4 aromatic rings. The van der Waals surface area contributed by atoms with Crippen LogP contribution < -0.4 is 10.5 Å². The number of nitriles is 1. The van der Waals surface area contributed by atoms with Gasteiger partial charge in [-0.25, -0.2) is 4.98 Å². The number of rotatable bonds is 5. The summed E-state index contributed by atoms with van der Waals surface area (Å²) in [7, 11) is 1.72. The number of hydrogen-bond donors (Lipinski definition) is 1. The molecule has 0 spiro atoms. The average Bonchev–Trinajstić information content (AvgIpc) is 3.64. The number of phenols is 1. The summed E-state index contributed by atoms with van der Waals surface area (Å²) < 4.78 is 1.56. The Kier molecular flexibility index (Phi) is 4.87. The molecule has 0 bridgehead atoms. The Labute approximate surface area is 185 Å². The number of pyridine rings is 2. The van der Waals surface area contributed by atoms with Gasteiger partial charge >= 0.3 is 0 Å².